The van der Waals surface area contributed by atoms with Crippen molar-refractivity contribution in [2.45, 2.75) is 4.90 Å². The zero-order chi connectivity index (χ0) is 20.1. The Morgan fingerprint density at radius 1 is 1.14 bits per heavy atom. The second kappa shape index (κ2) is 8.50. The number of rotatable bonds is 5. The molecule has 150 valence electrons. The number of nitrogens with zero attached hydrogens (tertiary/aromatic N) is 1. The van der Waals surface area contributed by atoms with Crippen LogP contribution in [-0.2, 0) is 14.8 Å². The van der Waals surface area contributed by atoms with Crippen molar-refractivity contribution in [1.82, 2.24) is 15.2 Å². The highest BCUT2D eigenvalue weighted by Crippen LogP contribution is 2.16. The van der Waals surface area contributed by atoms with E-state index in [-0.39, 0.29) is 30.3 Å². The number of quaternary nitrogens is 1. The lowest BCUT2D eigenvalue weighted by Crippen LogP contribution is -3.16. The third kappa shape index (κ3) is 4.74. The van der Waals surface area contributed by atoms with Crippen molar-refractivity contribution >= 4 is 21.8 Å². The van der Waals surface area contributed by atoms with Gasteiger partial charge in [-0.15, -0.1) is 0 Å². The molecule has 2 aromatic rings. The maximum atomic E-state index is 13.3. The molecule has 11 heteroatoms. The molecule has 2 heterocycles. The molecule has 0 saturated carbocycles. The van der Waals surface area contributed by atoms with Gasteiger partial charge in [-0.05, 0) is 30.3 Å². The van der Waals surface area contributed by atoms with Gasteiger partial charge in [0, 0.05) is 0 Å². The van der Waals surface area contributed by atoms with E-state index in [2.05, 4.69) is 10.9 Å². The minimum absolute atomic E-state index is 0.0730. The first-order valence-corrected chi connectivity index (χ1v) is 10.0. The Bertz CT molecular complexity index is 940. The summed E-state index contributed by atoms with van der Waals surface area (Å²) in [7, 11) is -3.77. The van der Waals surface area contributed by atoms with Gasteiger partial charge in [0.25, 0.3) is 5.91 Å². The average molecular weight is 411 g/mol. The Morgan fingerprint density at radius 2 is 1.89 bits per heavy atom. The topological polar surface area (TPSA) is 113 Å². The normalized spacial score (nSPS) is 15.9. The van der Waals surface area contributed by atoms with Crippen LogP contribution in [0.15, 0.2) is 52.0 Å². The van der Waals surface area contributed by atoms with Crippen LogP contribution < -0.4 is 15.8 Å². The average Bonchev–Trinajstić information content (AvgIpc) is 3.21. The van der Waals surface area contributed by atoms with Gasteiger partial charge in [-0.3, -0.25) is 20.4 Å². The smallest absolute Gasteiger partial charge is 0.305 e. The number of benzene rings is 1. The number of furan rings is 1. The van der Waals surface area contributed by atoms with Crippen molar-refractivity contribution in [3.8, 4) is 0 Å². The highest BCUT2D eigenvalue weighted by Gasteiger charge is 2.31. The van der Waals surface area contributed by atoms with E-state index in [4.69, 9.17) is 4.42 Å². The Balaban J connectivity index is 1.47. The fraction of sp³-hybridized carbons (Fsp3) is 0.294. The first kappa shape index (κ1) is 20.0. The molecule has 0 spiro atoms. The molecule has 0 atom stereocenters. The van der Waals surface area contributed by atoms with Crippen molar-refractivity contribution in [2.24, 2.45) is 0 Å². The number of sulfonamides is 1. The van der Waals surface area contributed by atoms with Gasteiger partial charge in [0.15, 0.2) is 12.3 Å². The van der Waals surface area contributed by atoms with E-state index < -0.39 is 27.7 Å². The first-order valence-electron chi connectivity index (χ1n) is 8.58. The molecule has 0 radical (unpaired) electrons. The van der Waals surface area contributed by atoms with Crippen LogP contribution >= 0.6 is 0 Å². The summed E-state index contributed by atoms with van der Waals surface area (Å²) in [6, 6.07) is 7.90. The molecular weight excluding hydrogens is 391 g/mol. The second-order valence-electron chi connectivity index (χ2n) is 6.27. The second-order valence-corrected chi connectivity index (χ2v) is 8.21. The summed E-state index contributed by atoms with van der Waals surface area (Å²) in [5.41, 5.74) is 4.55. The number of nitrogens with one attached hydrogen (secondary N) is 3. The summed E-state index contributed by atoms with van der Waals surface area (Å²) in [4.78, 5) is 24.4. The van der Waals surface area contributed by atoms with Crippen LogP contribution in [0.1, 0.15) is 10.6 Å². The maximum Gasteiger partial charge on any atom is 0.305 e. The monoisotopic (exact) mass is 411 g/mol. The van der Waals surface area contributed by atoms with E-state index in [9.17, 15) is 22.4 Å². The van der Waals surface area contributed by atoms with E-state index in [1.165, 1.54) is 34.8 Å². The maximum absolute atomic E-state index is 13.3. The van der Waals surface area contributed by atoms with Gasteiger partial charge in [-0.25, -0.2) is 12.8 Å². The SMILES string of the molecule is O=C(C[NH+]1CCN(S(=O)(=O)c2cccc(F)c2)CC1)NNC(=O)c1ccco1. The molecule has 2 amide bonds. The Hall–Kier alpha value is -2.76. The number of hydrogen-bond acceptors (Lipinski definition) is 5. The van der Waals surface area contributed by atoms with Crippen molar-refractivity contribution in [3.63, 3.8) is 0 Å². The molecule has 1 fully saturated rings. The third-order valence-corrected chi connectivity index (χ3v) is 6.23. The summed E-state index contributed by atoms with van der Waals surface area (Å²) in [6.45, 7) is 1.31. The number of amides is 2. The Labute approximate surface area is 161 Å². The molecule has 1 aliphatic rings. The van der Waals surface area contributed by atoms with Crippen molar-refractivity contribution < 1.29 is 31.7 Å². The molecule has 9 nitrogen and oxygen atoms in total. The molecule has 1 aromatic carbocycles. The highest BCUT2D eigenvalue weighted by molar-refractivity contribution is 7.89. The predicted molar refractivity (Wildman–Crippen MR) is 95.0 cm³/mol. The summed E-state index contributed by atoms with van der Waals surface area (Å²) >= 11 is 0. The van der Waals surface area contributed by atoms with E-state index in [1.54, 1.807) is 6.07 Å². The van der Waals surface area contributed by atoms with Gasteiger partial charge in [0.05, 0.1) is 37.3 Å². The molecule has 1 aromatic heterocycles. The number of carbonyl (C=O) groups excluding carboxylic acids is 2. The van der Waals surface area contributed by atoms with Crippen LogP contribution in [0.3, 0.4) is 0 Å². The largest absolute Gasteiger partial charge is 0.459 e. The minimum Gasteiger partial charge on any atom is -0.459 e. The highest BCUT2D eigenvalue weighted by atomic mass is 32.2. The standard InChI is InChI=1S/C17H19FN4O5S/c18-13-3-1-4-14(11-13)28(25,26)22-8-6-21(7-9-22)12-16(23)19-20-17(24)15-5-2-10-27-15/h1-5,10-11H,6-9,12H2,(H,19,23)(H,20,24)/p+1. The van der Waals surface area contributed by atoms with Crippen LogP contribution in [0.5, 0.6) is 0 Å². The summed E-state index contributed by atoms with van der Waals surface area (Å²) in [5.74, 6) is -1.52. The third-order valence-electron chi connectivity index (χ3n) is 4.33. The van der Waals surface area contributed by atoms with Gasteiger partial charge in [0.2, 0.25) is 10.0 Å². The lowest BCUT2D eigenvalue weighted by Gasteiger charge is -2.31. The molecule has 0 bridgehead atoms. The minimum atomic E-state index is -3.77. The number of piperazine rings is 1. The zero-order valence-corrected chi connectivity index (χ0v) is 15.7. The summed E-state index contributed by atoms with van der Waals surface area (Å²) < 4.78 is 44.7. The molecule has 3 rings (SSSR count). The van der Waals surface area contributed by atoms with E-state index in [1.807, 2.05) is 0 Å². The van der Waals surface area contributed by atoms with Gasteiger partial charge in [-0.1, -0.05) is 6.07 Å². The van der Waals surface area contributed by atoms with Crippen LogP contribution in [0.2, 0.25) is 0 Å². The van der Waals surface area contributed by atoms with Crippen molar-refractivity contribution in [2.75, 3.05) is 32.7 Å². The number of halogens is 1. The zero-order valence-electron chi connectivity index (χ0n) is 14.9. The fourth-order valence-corrected chi connectivity index (χ4v) is 4.34. The van der Waals surface area contributed by atoms with Gasteiger partial charge < -0.3 is 9.32 Å². The van der Waals surface area contributed by atoms with Crippen molar-refractivity contribution in [1.29, 1.82) is 0 Å². The van der Waals surface area contributed by atoms with Gasteiger partial charge >= 0.3 is 5.91 Å². The Morgan fingerprint density at radius 3 is 2.54 bits per heavy atom. The predicted octanol–water partition coefficient (Wildman–Crippen LogP) is -1.23. The molecule has 0 unspecified atom stereocenters. The fourth-order valence-electron chi connectivity index (χ4n) is 2.86. The number of hydrogen-bond donors (Lipinski definition) is 3. The molecule has 28 heavy (non-hydrogen) atoms. The molecule has 0 aliphatic carbocycles. The summed E-state index contributed by atoms with van der Waals surface area (Å²) in [6.07, 6.45) is 1.35. The van der Waals surface area contributed by atoms with Crippen LogP contribution in [0.25, 0.3) is 0 Å². The van der Waals surface area contributed by atoms with Crippen LogP contribution in [0.4, 0.5) is 4.39 Å². The number of carbonyl (C=O) groups is 2. The first-order chi connectivity index (χ1) is 13.4. The van der Waals surface area contributed by atoms with Gasteiger partial charge in [0.1, 0.15) is 5.82 Å². The van der Waals surface area contributed by atoms with E-state index in [0.717, 1.165) is 11.0 Å². The van der Waals surface area contributed by atoms with E-state index >= 15 is 0 Å². The van der Waals surface area contributed by atoms with Crippen molar-refractivity contribution in [3.05, 3.63) is 54.2 Å². The van der Waals surface area contributed by atoms with Crippen LogP contribution in [-0.4, -0.2) is 57.3 Å². The quantitative estimate of drug-likeness (QED) is 0.534. The molecule has 1 saturated heterocycles. The molecule has 3 N–H and O–H groups in total. The lowest BCUT2D eigenvalue weighted by molar-refractivity contribution is -0.895. The lowest BCUT2D eigenvalue weighted by atomic mass is 10.3. The molecular formula is C17H20FN4O5S+. The van der Waals surface area contributed by atoms with E-state index in [0.29, 0.717) is 13.1 Å². The summed E-state index contributed by atoms with van der Waals surface area (Å²) in [5, 5.41) is 0. The van der Waals surface area contributed by atoms with Gasteiger partial charge in [-0.2, -0.15) is 4.31 Å². The molecule has 1 aliphatic heterocycles. The van der Waals surface area contributed by atoms with Crippen LogP contribution in [0, 0.1) is 5.82 Å². The number of hydrazine groups is 1. The Kier molecular flexibility index (Phi) is 6.07.